The minimum atomic E-state index is 0. The highest BCUT2D eigenvalue weighted by atomic mass is 35.5. The summed E-state index contributed by atoms with van der Waals surface area (Å²) in [6, 6.07) is 10.2. The van der Waals surface area contributed by atoms with E-state index in [4.69, 9.17) is 4.98 Å². The molecule has 0 aliphatic rings. The number of thiophene rings is 1. The van der Waals surface area contributed by atoms with Crippen LogP contribution in [0.3, 0.4) is 0 Å². The molecule has 7 heteroatoms. The predicted molar refractivity (Wildman–Crippen MR) is 120 cm³/mol. The highest BCUT2D eigenvalue weighted by Gasteiger charge is 2.22. The summed E-state index contributed by atoms with van der Waals surface area (Å²) >= 11 is 3.09. The third-order valence-corrected chi connectivity index (χ3v) is 6.49. The Morgan fingerprint density at radius 1 is 1.11 bits per heavy atom. The van der Waals surface area contributed by atoms with Gasteiger partial charge in [0.1, 0.15) is 0 Å². The van der Waals surface area contributed by atoms with E-state index in [0.717, 1.165) is 46.3 Å². The Morgan fingerprint density at radius 3 is 2.52 bits per heavy atom. The van der Waals surface area contributed by atoms with Crippen LogP contribution in [0.2, 0.25) is 0 Å². The van der Waals surface area contributed by atoms with Gasteiger partial charge in [-0.3, -0.25) is 9.69 Å². The topological polar surface area (TPSA) is 36.4 Å². The molecule has 4 nitrogen and oxygen atoms in total. The van der Waals surface area contributed by atoms with Gasteiger partial charge < -0.3 is 4.90 Å². The molecule has 3 aromatic rings. The second-order valence-electron chi connectivity index (χ2n) is 6.11. The molecule has 27 heavy (non-hydrogen) atoms. The largest absolute Gasteiger partial charge is 0.302 e. The van der Waals surface area contributed by atoms with E-state index in [-0.39, 0.29) is 18.3 Å². The van der Waals surface area contributed by atoms with Crippen molar-refractivity contribution in [1.29, 1.82) is 0 Å². The van der Waals surface area contributed by atoms with Crippen LogP contribution in [-0.4, -0.2) is 42.0 Å². The molecule has 146 valence electrons. The molecular formula is C20H26ClN3OS2. The van der Waals surface area contributed by atoms with Crippen LogP contribution in [0.5, 0.6) is 0 Å². The number of rotatable bonds is 8. The molecule has 0 fully saturated rings. The average Bonchev–Trinajstić information content (AvgIpc) is 3.33. The molecule has 3 rings (SSSR count). The third-order valence-electron chi connectivity index (χ3n) is 4.59. The van der Waals surface area contributed by atoms with E-state index in [9.17, 15) is 4.79 Å². The lowest BCUT2D eigenvalue weighted by atomic mass is 10.2. The number of carbonyl (C=O) groups is 1. The average molecular weight is 424 g/mol. The Bertz CT molecular complexity index is 859. The molecule has 0 radical (unpaired) electrons. The van der Waals surface area contributed by atoms with E-state index in [2.05, 4.69) is 43.9 Å². The molecule has 0 spiro atoms. The van der Waals surface area contributed by atoms with Crippen LogP contribution in [0.4, 0.5) is 5.13 Å². The maximum absolute atomic E-state index is 13.1. The fraction of sp³-hybridized carbons (Fsp3) is 0.400. The molecule has 0 atom stereocenters. The second-order valence-corrected chi connectivity index (χ2v) is 8.07. The van der Waals surface area contributed by atoms with Gasteiger partial charge in [0.15, 0.2) is 5.13 Å². The van der Waals surface area contributed by atoms with Gasteiger partial charge >= 0.3 is 0 Å². The quantitative estimate of drug-likeness (QED) is 0.491. The van der Waals surface area contributed by atoms with Crippen LogP contribution in [0.15, 0.2) is 35.7 Å². The summed E-state index contributed by atoms with van der Waals surface area (Å²) < 4.78 is 1.14. The van der Waals surface area contributed by atoms with Gasteiger partial charge in [-0.25, -0.2) is 4.98 Å². The van der Waals surface area contributed by atoms with Gasteiger partial charge in [-0.15, -0.1) is 23.7 Å². The first-order valence-electron chi connectivity index (χ1n) is 9.13. The number of likely N-dealkylation sites (N-methyl/N-ethyl adjacent to an activating group) is 1. The first-order chi connectivity index (χ1) is 12.7. The highest BCUT2D eigenvalue weighted by Crippen LogP contribution is 2.31. The lowest BCUT2D eigenvalue weighted by molar-refractivity contribution is 0.0987. The van der Waals surface area contributed by atoms with E-state index >= 15 is 0 Å². The summed E-state index contributed by atoms with van der Waals surface area (Å²) in [5.74, 6) is 0.0435. The molecule has 2 heterocycles. The van der Waals surface area contributed by atoms with Gasteiger partial charge in [-0.05, 0) is 48.7 Å². The van der Waals surface area contributed by atoms with Crippen molar-refractivity contribution in [3.05, 3.63) is 46.2 Å². The summed E-state index contributed by atoms with van der Waals surface area (Å²) in [4.78, 5) is 22.8. The fourth-order valence-corrected chi connectivity index (χ4v) is 4.62. The van der Waals surface area contributed by atoms with E-state index in [1.165, 1.54) is 16.9 Å². The van der Waals surface area contributed by atoms with Crippen molar-refractivity contribution in [1.82, 2.24) is 9.88 Å². The molecule has 1 amide bonds. The molecule has 0 aliphatic heterocycles. The number of hydrogen-bond acceptors (Lipinski definition) is 5. The van der Waals surface area contributed by atoms with E-state index in [1.807, 2.05) is 22.4 Å². The zero-order valence-corrected chi connectivity index (χ0v) is 18.4. The molecule has 0 saturated heterocycles. The van der Waals surface area contributed by atoms with Gasteiger partial charge in [0.05, 0.1) is 15.1 Å². The molecule has 2 aromatic heterocycles. The minimum Gasteiger partial charge on any atom is -0.302 e. The Kier molecular flexibility index (Phi) is 8.23. The van der Waals surface area contributed by atoms with Crippen molar-refractivity contribution >= 4 is 56.3 Å². The Balaban J connectivity index is 0.00000261. The number of nitrogens with zero attached hydrogens (tertiary/aromatic N) is 3. The molecular weight excluding hydrogens is 398 g/mol. The van der Waals surface area contributed by atoms with Gasteiger partial charge in [0.2, 0.25) is 0 Å². The third kappa shape index (κ3) is 5.08. The molecule has 0 bridgehead atoms. The van der Waals surface area contributed by atoms with Crippen LogP contribution in [0, 0.1) is 0 Å². The predicted octanol–water partition coefficient (Wildman–Crippen LogP) is 5.33. The number of aryl methyl sites for hydroxylation is 1. The number of thiazole rings is 1. The summed E-state index contributed by atoms with van der Waals surface area (Å²) in [6.45, 7) is 9.92. The summed E-state index contributed by atoms with van der Waals surface area (Å²) in [5, 5.41) is 2.74. The Labute approximate surface area is 175 Å². The van der Waals surface area contributed by atoms with Crippen molar-refractivity contribution in [2.75, 3.05) is 31.1 Å². The maximum atomic E-state index is 13.1. The van der Waals surface area contributed by atoms with E-state index in [1.54, 1.807) is 11.3 Å². The van der Waals surface area contributed by atoms with Crippen LogP contribution < -0.4 is 4.90 Å². The maximum Gasteiger partial charge on any atom is 0.270 e. The van der Waals surface area contributed by atoms with Crippen molar-refractivity contribution in [2.45, 2.75) is 27.2 Å². The number of amides is 1. The molecule has 0 N–H and O–H groups in total. The lowest BCUT2D eigenvalue weighted by Crippen LogP contribution is -2.38. The van der Waals surface area contributed by atoms with Gasteiger partial charge in [0, 0.05) is 13.1 Å². The van der Waals surface area contributed by atoms with Crippen molar-refractivity contribution in [3.8, 4) is 0 Å². The van der Waals surface area contributed by atoms with Crippen LogP contribution in [0.25, 0.3) is 10.2 Å². The highest BCUT2D eigenvalue weighted by molar-refractivity contribution is 7.22. The zero-order chi connectivity index (χ0) is 18.5. The second kappa shape index (κ2) is 10.2. The zero-order valence-electron chi connectivity index (χ0n) is 16.0. The van der Waals surface area contributed by atoms with Crippen LogP contribution in [0.1, 0.15) is 36.0 Å². The Hall–Kier alpha value is -1.47. The fourth-order valence-electron chi connectivity index (χ4n) is 2.89. The van der Waals surface area contributed by atoms with Crippen LogP contribution in [-0.2, 0) is 6.42 Å². The first kappa shape index (κ1) is 21.8. The van der Waals surface area contributed by atoms with Crippen molar-refractivity contribution in [3.63, 3.8) is 0 Å². The summed E-state index contributed by atoms with van der Waals surface area (Å²) in [7, 11) is 0. The number of hydrogen-bond donors (Lipinski definition) is 0. The van der Waals surface area contributed by atoms with Crippen molar-refractivity contribution in [2.24, 2.45) is 0 Å². The number of benzene rings is 1. The SMILES string of the molecule is CCc1ccc2nc(N(CCN(CC)CC)C(=O)c3cccs3)sc2c1.Cl. The normalized spacial score (nSPS) is 11.0. The monoisotopic (exact) mass is 423 g/mol. The van der Waals surface area contributed by atoms with Crippen molar-refractivity contribution < 1.29 is 4.79 Å². The number of aromatic nitrogens is 1. The number of fused-ring (bicyclic) bond motifs is 1. The summed E-state index contributed by atoms with van der Waals surface area (Å²) in [5.41, 5.74) is 2.26. The molecule has 0 saturated carbocycles. The standard InChI is InChI=1S/C20H25N3OS2.ClH/c1-4-15-9-10-16-18(14-15)26-20(21-16)23(12-11-22(5-2)6-3)19(24)17-8-7-13-25-17;/h7-10,13-14H,4-6,11-12H2,1-3H3;1H. The molecule has 0 aliphatic carbocycles. The number of anilines is 1. The van der Waals surface area contributed by atoms with Gasteiger partial charge in [-0.2, -0.15) is 0 Å². The molecule has 0 unspecified atom stereocenters. The van der Waals surface area contributed by atoms with Gasteiger partial charge in [-0.1, -0.05) is 44.2 Å². The van der Waals surface area contributed by atoms with E-state index in [0.29, 0.717) is 6.54 Å². The summed E-state index contributed by atoms with van der Waals surface area (Å²) in [6.07, 6.45) is 1.00. The Morgan fingerprint density at radius 2 is 1.89 bits per heavy atom. The van der Waals surface area contributed by atoms with Crippen LogP contribution >= 0.6 is 35.1 Å². The number of halogens is 1. The van der Waals surface area contributed by atoms with Gasteiger partial charge in [0.25, 0.3) is 5.91 Å². The lowest BCUT2D eigenvalue weighted by Gasteiger charge is -2.24. The van der Waals surface area contributed by atoms with E-state index < -0.39 is 0 Å². The number of carbonyl (C=O) groups excluding carboxylic acids is 1. The first-order valence-corrected chi connectivity index (χ1v) is 10.8. The molecule has 1 aromatic carbocycles. The minimum absolute atomic E-state index is 0. The smallest absolute Gasteiger partial charge is 0.270 e.